The molecule has 1 fully saturated rings. The van der Waals surface area contributed by atoms with Crippen LogP contribution >= 0.6 is 0 Å². The Kier molecular flexibility index (Phi) is 47.5. The van der Waals surface area contributed by atoms with Crippen molar-refractivity contribution in [3.63, 3.8) is 0 Å². The molecule has 127 heavy (non-hydrogen) atoms. The number of aliphatic hydroxyl groups is 2. The standard InChI is InChI=1S/C78H123N23O26/c1-39(2)64(65(85)114)100-75(124)54-17-14-32-101(54)76(125)51(35-59(84)107)97-71(120)49(24-28-62(110)111)93-72(121)50(36-63(112)113)96-70(119)48(23-27-58(83)106)95-74(123)53(38-103)99-67(116)45(16-13-31-89-78(86)87)92-69(118)47(22-26-57(82)105)94-73(122)52(37-102)98-66(115)44(15-10-11-29-79)91-68(117)46(21-25-56(81)104)90-60(108)18-9-7-5-4-6-8-12-30-88-61(109)34-43-40(3)42-20-19-41(80)33-55(42)127-77(43)126/h19-20,33,39,44-54,64,102-103H,4-18,21-32,34-38,79-80H2,1-3H3,(H2,81,104)(H2,82,105)(H2,83,106)(H2,84,107)(H2,85,114)(H,88,109)(H,90,108)(H,91,117)(H,92,118)(H,93,121)(H,94,122)(H,95,123)(H,96,119)(H,97,120)(H,98,115)(H,99,116)(H,100,124)(H,110,111)(H,112,113)(H4,86,87,89)/t44-,45-,46-,47-,48-,49-,50-,51-,52-,53-,54-,64-/m0/s1. The summed E-state index contributed by atoms with van der Waals surface area (Å²) in [5.41, 5.74) is 45.1. The Hall–Kier alpha value is -13.2. The largest absolute Gasteiger partial charge is 0.481 e. The van der Waals surface area contributed by atoms with Gasteiger partial charge in [0.25, 0.3) is 0 Å². The molecule has 1 aromatic heterocycles. The number of nitrogens with zero attached hydrogens (tertiary/aromatic N) is 1. The third kappa shape index (κ3) is 39.7. The topological polar surface area (TPSA) is 844 Å². The van der Waals surface area contributed by atoms with Crippen molar-refractivity contribution in [2.45, 2.75) is 260 Å². The Morgan fingerprint density at radius 3 is 1.35 bits per heavy atom. The Morgan fingerprint density at radius 1 is 0.472 bits per heavy atom. The molecule has 0 unspecified atom stereocenters. The minimum absolute atomic E-state index is 0.0362. The number of likely N-dealkylation sites (tertiary alicyclic amines) is 1. The maximum Gasteiger partial charge on any atom is 0.340 e. The van der Waals surface area contributed by atoms with Gasteiger partial charge in [0.2, 0.25) is 106 Å². The number of carbonyl (C=O) groups is 20. The lowest BCUT2D eigenvalue weighted by Crippen LogP contribution is -2.61. The first-order valence-corrected chi connectivity index (χ1v) is 41.5. The van der Waals surface area contributed by atoms with Gasteiger partial charge in [-0.3, -0.25) is 101 Å². The Labute approximate surface area is 729 Å². The number of nitrogens with one attached hydrogen (secondary N) is 14. The van der Waals surface area contributed by atoms with Gasteiger partial charge in [-0.15, -0.1) is 0 Å². The van der Waals surface area contributed by atoms with Crippen LogP contribution in [0.15, 0.2) is 27.4 Å². The van der Waals surface area contributed by atoms with E-state index in [1.165, 1.54) is 6.07 Å². The monoisotopic (exact) mass is 1800 g/mol. The molecule has 0 spiro atoms. The lowest BCUT2D eigenvalue weighted by molar-refractivity contribution is -0.144. The average Bonchev–Trinajstić information content (AvgIpc) is 1.41. The van der Waals surface area contributed by atoms with Crippen molar-refractivity contribution in [3.05, 3.63) is 39.7 Å². The molecule has 1 saturated heterocycles. The van der Waals surface area contributed by atoms with Crippen LogP contribution in [0, 0.1) is 18.3 Å². The van der Waals surface area contributed by atoms with Gasteiger partial charge in [-0.25, -0.2) is 4.79 Å². The van der Waals surface area contributed by atoms with Gasteiger partial charge in [-0.2, -0.15) is 0 Å². The number of aliphatic hydroxyl groups excluding tert-OH is 2. The summed E-state index contributed by atoms with van der Waals surface area (Å²) in [7, 11) is 0. The van der Waals surface area contributed by atoms with Gasteiger partial charge in [0, 0.05) is 68.9 Å². The molecule has 12 atom stereocenters. The van der Waals surface area contributed by atoms with Gasteiger partial charge in [-0.05, 0) is 121 Å². The summed E-state index contributed by atoms with van der Waals surface area (Å²) in [4.78, 5) is 280. The van der Waals surface area contributed by atoms with E-state index in [2.05, 4.69) is 63.8 Å². The summed E-state index contributed by atoms with van der Waals surface area (Å²) in [6, 6.07) is -16.6. The summed E-state index contributed by atoms with van der Waals surface area (Å²) in [6.07, 6.45) is -2.99. The van der Waals surface area contributed by atoms with Crippen LogP contribution in [0.4, 0.5) is 5.69 Å². The number of primary amides is 5. The number of carboxylic acid groups (broad SMARTS) is 2. The van der Waals surface area contributed by atoms with Crippen LogP contribution < -0.4 is 121 Å². The predicted molar refractivity (Wildman–Crippen MR) is 450 cm³/mol. The number of benzene rings is 1. The number of hydrogen-bond donors (Lipinski definition) is 26. The fourth-order valence-electron chi connectivity index (χ4n) is 13.3. The fourth-order valence-corrected chi connectivity index (χ4v) is 13.3. The minimum atomic E-state index is -2.27. The molecule has 0 saturated carbocycles. The van der Waals surface area contributed by atoms with Crippen LogP contribution in [0.2, 0.25) is 0 Å². The van der Waals surface area contributed by atoms with Crippen LogP contribution in [-0.2, 0) is 102 Å². The van der Waals surface area contributed by atoms with E-state index in [0.717, 1.165) is 30.6 Å². The molecule has 34 N–H and O–H groups in total. The van der Waals surface area contributed by atoms with Crippen LogP contribution in [-0.4, -0.2) is 261 Å². The van der Waals surface area contributed by atoms with E-state index >= 15 is 0 Å². The van der Waals surface area contributed by atoms with Crippen molar-refractivity contribution in [2.75, 3.05) is 45.1 Å². The van der Waals surface area contributed by atoms with E-state index < -0.39 is 280 Å². The van der Waals surface area contributed by atoms with Crippen LogP contribution in [0.25, 0.3) is 11.0 Å². The first-order chi connectivity index (χ1) is 59.9. The van der Waals surface area contributed by atoms with Gasteiger partial charge in [0.05, 0.1) is 38.0 Å². The number of amides is 18. The molecule has 1 aliphatic rings. The molecule has 2 aromatic rings. The highest BCUT2D eigenvalue weighted by molar-refractivity contribution is 6.02. The Bertz CT molecular complexity index is 4300. The number of aryl methyl sites for hydroxylation is 1. The van der Waals surface area contributed by atoms with E-state index in [1.807, 2.05) is 5.32 Å². The van der Waals surface area contributed by atoms with Crippen LogP contribution in [0.5, 0.6) is 0 Å². The van der Waals surface area contributed by atoms with Crippen molar-refractivity contribution in [1.82, 2.24) is 74.0 Å². The number of carboxylic acids is 2. The third-order valence-electron chi connectivity index (χ3n) is 20.3. The number of fused-ring (bicyclic) bond motifs is 1. The number of hydrogen-bond acceptors (Lipinski definition) is 27. The zero-order chi connectivity index (χ0) is 95.3. The summed E-state index contributed by atoms with van der Waals surface area (Å²) in [5.74, 6) is -24.1. The second-order valence-electron chi connectivity index (χ2n) is 30.8. The Balaban J connectivity index is 1.79. The highest BCUT2D eigenvalue weighted by Crippen LogP contribution is 2.24. The van der Waals surface area contributed by atoms with Crippen molar-refractivity contribution < 1.29 is 121 Å². The second-order valence-corrected chi connectivity index (χ2v) is 30.8. The zero-order valence-electron chi connectivity index (χ0n) is 71.2. The maximum absolute atomic E-state index is 14.4. The first-order valence-electron chi connectivity index (χ1n) is 41.5. The number of guanidine groups is 1. The number of nitrogens with two attached hydrogens (primary N) is 8. The van der Waals surface area contributed by atoms with E-state index in [0.29, 0.717) is 54.4 Å². The normalized spacial score (nSPS) is 14.9. The zero-order valence-corrected chi connectivity index (χ0v) is 71.2. The molecule has 0 radical (unpaired) electrons. The van der Waals surface area contributed by atoms with Crippen molar-refractivity contribution in [2.24, 2.45) is 46.1 Å². The second kappa shape index (κ2) is 55.9. The number of nitrogen functional groups attached to an aromatic ring is 1. The van der Waals surface area contributed by atoms with Gasteiger partial charge >= 0.3 is 17.6 Å². The van der Waals surface area contributed by atoms with Crippen LogP contribution in [0.3, 0.4) is 0 Å². The summed E-state index contributed by atoms with van der Waals surface area (Å²) >= 11 is 0. The minimum Gasteiger partial charge on any atom is -0.481 e. The number of rotatable bonds is 62. The predicted octanol–water partition coefficient (Wildman–Crippen LogP) is -8.68. The molecule has 49 heteroatoms. The van der Waals surface area contributed by atoms with E-state index in [4.69, 9.17) is 55.7 Å². The highest BCUT2D eigenvalue weighted by atomic mass is 16.4. The number of unbranched alkanes of at least 4 members (excludes halogenated alkanes) is 7. The van der Waals surface area contributed by atoms with E-state index in [9.17, 15) is 121 Å². The molecule has 3 rings (SSSR count). The molecule has 706 valence electrons. The smallest absolute Gasteiger partial charge is 0.340 e. The molecule has 49 nitrogen and oxygen atoms in total. The summed E-state index contributed by atoms with van der Waals surface area (Å²) in [6.45, 7) is 2.58. The lowest BCUT2D eigenvalue weighted by Gasteiger charge is -2.30. The van der Waals surface area contributed by atoms with Gasteiger partial charge in [0.1, 0.15) is 78.1 Å². The van der Waals surface area contributed by atoms with Crippen LogP contribution in [0.1, 0.15) is 185 Å². The molecule has 0 aliphatic carbocycles. The maximum atomic E-state index is 14.4. The number of aliphatic carboxylic acids is 2. The third-order valence-corrected chi connectivity index (χ3v) is 20.3. The van der Waals surface area contributed by atoms with Crippen molar-refractivity contribution >= 4 is 141 Å². The lowest BCUT2D eigenvalue weighted by atomic mass is 10.0. The molecular formula is C78H123N23O26. The molecule has 18 amide bonds. The number of anilines is 1. The summed E-state index contributed by atoms with van der Waals surface area (Å²) < 4.78 is 5.39. The average molecular weight is 1800 g/mol. The van der Waals surface area contributed by atoms with Gasteiger partial charge in [-0.1, -0.05) is 46.0 Å². The van der Waals surface area contributed by atoms with E-state index in [-0.39, 0.29) is 82.5 Å². The van der Waals surface area contributed by atoms with E-state index in [1.54, 1.807) is 32.9 Å². The van der Waals surface area contributed by atoms with Crippen molar-refractivity contribution in [1.29, 1.82) is 5.41 Å². The quantitative estimate of drug-likeness (QED) is 0.00961. The SMILES string of the molecule is Cc1c(CC(=O)NCCCCCCCCCC(=O)N[C@@H](CCC(N)=O)C(=O)N[C@@H](CCCCN)C(=O)N[C@@H](CO)C(=O)N[C@@H](CCC(N)=O)C(=O)N[C@@H](CCCNC(=N)N)C(=O)N[C@@H](CO)C(=O)N[C@@H](CCC(N)=O)C(=O)N[C@@H](CC(=O)O)C(=O)N[C@@H](CCC(=O)O)C(=O)N[C@@H](CC(N)=O)C(=O)N2CCC[C@H]2C(=O)N[C@H](C(N)=O)C(C)C)c(=O)oc2cc(N)ccc12. The Morgan fingerprint density at radius 2 is 0.898 bits per heavy atom. The van der Waals surface area contributed by atoms with Crippen molar-refractivity contribution in [3.8, 4) is 0 Å². The summed E-state index contributed by atoms with van der Waals surface area (Å²) in [5, 5.41) is 79.3. The molecule has 2 heterocycles. The molecule has 0 bridgehead atoms. The van der Waals surface area contributed by atoms with Gasteiger partial charge < -0.3 is 145 Å². The molecule has 1 aliphatic heterocycles. The highest BCUT2D eigenvalue weighted by Gasteiger charge is 2.42. The molecular weight excluding hydrogens is 1670 g/mol. The van der Waals surface area contributed by atoms with Gasteiger partial charge in [0.15, 0.2) is 5.96 Å². The first kappa shape index (κ1) is 108. The molecule has 1 aromatic carbocycles. The fraction of sp³-hybridized carbons (Fsp3) is 0.615. The number of carbonyl (C=O) groups excluding carboxylic acids is 18.